The molecule has 2 aromatic heterocycles. The quantitative estimate of drug-likeness (QED) is 0.922. The van der Waals surface area contributed by atoms with Gasteiger partial charge in [-0.1, -0.05) is 6.42 Å². The van der Waals surface area contributed by atoms with Crippen molar-refractivity contribution in [3.63, 3.8) is 0 Å². The third-order valence-electron chi connectivity index (χ3n) is 4.37. The molecule has 0 aromatic carbocycles. The molecule has 4 nitrogen and oxygen atoms in total. The summed E-state index contributed by atoms with van der Waals surface area (Å²) in [6, 6.07) is 5.05. The number of nitrogens with zero attached hydrogens (tertiary/aromatic N) is 3. The first-order valence-corrected chi connectivity index (χ1v) is 8.73. The monoisotopic (exact) mass is 288 g/mol. The number of imidazole rings is 1. The Balaban J connectivity index is 1.82. The van der Waals surface area contributed by atoms with E-state index in [0.717, 1.165) is 17.7 Å². The van der Waals surface area contributed by atoms with Crippen LogP contribution >= 0.6 is 11.8 Å². The van der Waals surface area contributed by atoms with Crippen LogP contribution in [0.15, 0.2) is 18.3 Å². The summed E-state index contributed by atoms with van der Waals surface area (Å²) >= 11 is 2.05. The number of fused-ring (bicyclic) bond motifs is 1. The van der Waals surface area contributed by atoms with Crippen LogP contribution in [0.25, 0.3) is 11.2 Å². The van der Waals surface area contributed by atoms with E-state index >= 15 is 0 Å². The number of thioether (sulfide) groups is 1. The maximum Gasteiger partial charge on any atom is 0.160 e. The normalized spacial score (nSPS) is 27.2. The van der Waals surface area contributed by atoms with E-state index in [9.17, 15) is 0 Å². The summed E-state index contributed by atoms with van der Waals surface area (Å²) in [5.74, 6) is 3.67. The van der Waals surface area contributed by atoms with Crippen LogP contribution in [0.3, 0.4) is 0 Å². The Morgan fingerprint density at radius 2 is 2.30 bits per heavy atom. The Labute approximate surface area is 123 Å². The first-order chi connectivity index (χ1) is 9.93. The van der Waals surface area contributed by atoms with Crippen LogP contribution < -0.4 is 5.32 Å². The van der Waals surface area contributed by atoms with Gasteiger partial charge in [0.25, 0.3) is 0 Å². The molecule has 4 heterocycles. The fourth-order valence-corrected chi connectivity index (χ4v) is 4.54. The lowest BCUT2D eigenvalue weighted by molar-refractivity contribution is 0.377. The summed E-state index contributed by atoms with van der Waals surface area (Å²) < 4.78 is 2.43. The molecule has 1 N–H and O–H groups in total. The number of hydrogen-bond acceptors (Lipinski definition) is 4. The lowest BCUT2D eigenvalue weighted by atomic mass is 10.0. The van der Waals surface area contributed by atoms with Crippen LogP contribution in [0.5, 0.6) is 0 Å². The van der Waals surface area contributed by atoms with Crippen molar-refractivity contribution < 1.29 is 0 Å². The second kappa shape index (κ2) is 5.37. The Morgan fingerprint density at radius 3 is 3.10 bits per heavy atom. The molecule has 20 heavy (non-hydrogen) atoms. The van der Waals surface area contributed by atoms with E-state index in [1.807, 2.05) is 24.0 Å². The number of rotatable bonds is 2. The van der Waals surface area contributed by atoms with Crippen molar-refractivity contribution in [1.29, 1.82) is 0 Å². The standard InChI is InChI=1S/C15H20N4S/c1-2-7-16-12(4-1)15-18-13-5-3-8-17-14(13)19(15)11-6-9-20-10-11/h3,5,8,11-12,16H,1-2,4,6-7,9-10H2. The molecule has 2 atom stereocenters. The highest BCUT2D eigenvalue weighted by Gasteiger charge is 2.28. The smallest absolute Gasteiger partial charge is 0.160 e. The van der Waals surface area contributed by atoms with Gasteiger partial charge in [0.15, 0.2) is 5.65 Å². The van der Waals surface area contributed by atoms with Gasteiger partial charge in [-0.3, -0.25) is 0 Å². The number of piperidine rings is 1. The van der Waals surface area contributed by atoms with Crippen molar-refractivity contribution in [3.8, 4) is 0 Å². The SMILES string of the molecule is c1cnc2c(c1)nc(C1CCCCN1)n2C1CCSC1. The van der Waals surface area contributed by atoms with Gasteiger partial charge in [-0.2, -0.15) is 11.8 Å². The van der Waals surface area contributed by atoms with Crippen molar-refractivity contribution in [2.45, 2.75) is 37.8 Å². The van der Waals surface area contributed by atoms with Crippen molar-refractivity contribution in [3.05, 3.63) is 24.2 Å². The van der Waals surface area contributed by atoms with Crippen molar-refractivity contribution in [1.82, 2.24) is 19.9 Å². The molecule has 0 aliphatic carbocycles. The van der Waals surface area contributed by atoms with Gasteiger partial charge in [0.1, 0.15) is 11.3 Å². The molecule has 106 valence electrons. The highest BCUT2D eigenvalue weighted by molar-refractivity contribution is 7.99. The predicted molar refractivity (Wildman–Crippen MR) is 83.1 cm³/mol. The fourth-order valence-electron chi connectivity index (χ4n) is 3.35. The Bertz CT molecular complexity index is 597. The second-order valence-corrected chi connectivity index (χ2v) is 6.86. The minimum Gasteiger partial charge on any atom is -0.307 e. The lowest BCUT2D eigenvalue weighted by Gasteiger charge is -2.25. The third kappa shape index (κ3) is 2.13. The molecular formula is C15H20N4S. The zero-order valence-electron chi connectivity index (χ0n) is 11.6. The average molecular weight is 288 g/mol. The third-order valence-corrected chi connectivity index (χ3v) is 5.51. The Hall–Kier alpha value is -1.07. The van der Waals surface area contributed by atoms with Crippen LogP contribution in [0, 0.1) is 0 Å². The van der Waals surface area contributed by atoms with Crippen LogP contribution in [0.1, 0.15) is 43.6 Å². The van der Waals surface area contributed by atoms with Gasteiger partial charge in [-0.15, -0.1) is 0 Å². The summed E-state index contributed by atoms with van der Waals surface area (Å²) in [7, 11) is 0. The maximum absolute atomic E-state index is 4.91. The van der Waals surface area contributed by atoms with Gasteiger partial charge in [0.05, 0.1) is 6.04 Å². The van der Waals surface area contributed by atoms with Gasteiger partial charge in [-0.05, 0) is 43.7 Å². The Morgan fingerprint density at radius 1 is 1.30 bits per heavy atom. The number of pyridine rings is 1. The lowest BCUT2D eigenvalue weighted by Crippen LogP contribution is -2.30. The van der Waals surface area contributed by atoms with Crippen LogP contribution in [-0.2, 0) is 0 Å². The maximum atomic E-state index is 4.91. The summed E-state index contributed by atoms with van der Waals surface area (Å²) in [5, 5.41) is 3.64. The highest BCUT2D eigenvalue weighted by Crippen LogP contribution is 2.34. The summed E-state index contributed by atoms with van der Waals surface area (Å²) in [4.78, 5) is 9.51. The van der Waals surface area contributed by atoms with E-state index in [1.54, 1.807) is 0 Å². The summed E-state index contributed by atoms with van der Waals surface area (Å²) in [6.45, 7) is 1.11. The second-order valence-electron chi connectivity index (χ2n) is 5.71. The molecule has 5 heteroatoms. The molecule has 0 bridgehead atoms. The van der Waals surface area contributed by atoms with Crippen LogP contribution in [0.4, 0.5) is 0 Å². The molecule has 4 rings (SSSR count). The van der Waals surface area contributed by atoms with Gasteiger partial charge >= 0.3 is 0 Å². The minimum absolute atomic E-state index is 0.406. The predicted octanol–water partition coefficient (Wildman–Crippen LogP) is 2.92. The zero-order valence-corrected chi connectivity index (χ0v) is 12.4. The van der Waals surface area contributed by atoms with E-state index in [0.29, 0.717) is 12.1 Å². The van der Waals surface area contributed by atoms with Crippen molar-refractivity contribution in [2.75, 3.05) is 18.1 Å². The van der Waals surface area contributed by atoms with Crippen molar-refractivity contribution >= 4 is 22.9 Å². The highest BCUT2D eigenvalue weighted by atomic mass is 32.2. The largest absolute Gasteiger partial charge is 0.307 e. The molecule has 0 amide bonds. The van der Waals surface area contributed by atoms with Crippen LogP contribution in [0.2, 0.25) is 0 Å². The topological polar surface area (TPSA) is 42.7 Å². The molecule has 0 spiro atoms. The summed E-state index contributed by atoms with van der Waals surface area (Å²) in [5.41, 5.74) is 2.12. The van der Waals surface area contributed by atoms with Crippen LogP contribution in [-0.4, -0.2) is 32.6 Å². The molecule has 2 fully saturated rings. The molecular weight excluding hydrogens is 268 g/mol. The molecule has 2 unspecified atom stereocenters. The Kier molecular flexibility index (Phi) is 3.40. The zero-order chi connectivity index (χ0) is 13.4. The number of hydrogen-bond donors (Lipinski definition) is 1. The first-order valence-electron chi connectivity index (χ1n) is 7.57. The number of nitrogens with one attached hydrogen (secondary N) is 1. The molecule has 2 aliphatic heterocycles. The molecule has 2 saturated heterocycles. The number of aromatic nitrogens is 3. The van der Waals surface area contributed by atoms with Gasteiger partial charge < -0.3 is 9.88 Å². The van der Waals surface area contributed by atoms with Gasteiger partial charge in [0.2, 0.25) is 0 Å². The molecule has 2 aliphatic rings. The van der Waals surface area contributed by atoms with E-state index < -0.39 is 0 Å². The molecule has 0 saturated carbocycles. The van der Waals surface area contributed by atoms with E-state index in [-0.39, 0.29) is 0 Å². The van der Waals surface area contributed by atoms with E-state index in [2.05, 4.69) is 20.9 Å². The molecule has 2 aromatic rings. The van der Waals surface area contributed by atoms with E-state index in [1.165, 1.54) is 43.0 Å². The first kappa shape index (κ1) is 12.7. The van der Waals surface area contributed by atoms with Crippen molar-refractivity contribution in [2.24, 2.45) is 0 Å². The van der Waals surface area contributed by atoms with Gasteiger partial charge in [0, 0.05) is 18.0 Å². The average Bonchev–Trinajstić information content (AvgIpc) is 3.14. The fraction of sp³-hybridized carbons (Fsp3) is 0.600. The van der Waals surface area contributed by atoms with E-state index in [4.69, 9.17) is 4.98 Å². The molecule has 0 radical (unpaired) electrons. The minimum atomic E-state index is 0.406. The summed E-state index contributed by atoms with van der Waals surface area (Å²) in [6.07, 6.45) is 6.91. The van der Waals surface area contributed by atoms with Gasteiger partial charge in [-0.25, -0.2) is 9.97 Å².